The predicted octanol–water partition coefficient (Wildman–Crippen LogP) is 7.79. The van der Waals surface area contributed by atoms with Crippen molar-refractivity contribution in [3.8, 4) is 0 Å². The molecule has 0 N–H and O–H groups in total. The van der Waals surface area contributed by atoms with Gasteiger partial charge in [0.2, 0.25) is 0 Å². The Labute approximate surface area is 213 Å². The minimum atomic E-state index is -0.195. The van der Waals surface area contributed by atoms with Crippen molar-refractivity contribution in [2.45, 2.75) is 135 Å². The second kappa shape index (κ2) is 14.8. The Morgan fingerprint density at radius 2 is 1.60 bits per heavy atom. The van der Waals surface area contributed by atoms with Gasteiger partial charge in [-0.05, 0) is 83.6 Å². The van der Waals surface area contributed by atoms with Gasteiger partial charge in [0.25, 0.3) is 0 Å². The Morgan fingerprint density at radius 1 is 0.886 bits per heavy atom. The summed E-state index contributed by atoms with van der Waals surface area (Å²) in [4.78, 5) is 12.9. The number of allylic oxidation sites excluding steroid dienone is 6. The van der Waals surface area contributed by atoms with Crippen LogP contribution in [0.3, 0.4) is 0 Å². The Morgan fingerprint density at radius 3 is 2.37 bits per heavy atom. The zero-order valence-electron chi connectivity index (χ0n) is 22.5. The van der Waals surface area contributed by atoms with Crippen molar-refractivity contribution in [3.63, 3.8) is 0 Å². The van der Waals surface area contributed by atoms with Gasteiger partial charge in [0.05, 0.1) is 30.8 Å². The highest BCUT2D eigenvalue weighted by atomic mass is 16.5. The minimum Gasteiger partial charge on any atom is -0.458 e. The third-order valence-electron chi connectivity index (χ3n) is 7.75. The first-order chi connectivity index (χ1) is 16.9. The highest BCUT2D eigenvalue weighted by Crippen LogP contribution is 2.33. The Balaban J connectivity index is 1.70. The summed E-state index contributed by atoms with van der Waals surface area (Å²) in [6, 6.07) is 0. The molecule has 3 aliphatic heterocycles. The first-order valence-corrected chi connectivity index (χ1v) is 14.1. The van der Waals surface area contributed by atoms with Gasteiger partial charge in [0, 0.05) is 6.42 Å². The fourth-order valence-corrected chi connectivity index (χ4v) is 5.57. The topological polar surface area (TPSA) is 44.8 Å². The van der Waals surface area contributed by atoms with Crippen molar-refractivity contribution in [1.82, 2.24) is 0 Å². The van der Waals surface area contributed by atoms with Gasteiger partial charge < -0.3 is 14.2 Å². The van der Waals surface area contributed by atoms with Crippen LogP contribution < -0.4 is 0 Å². The molecule has 3 rings (SSSR count). The van der Waals surface area contributed by atoms with Gasteiger partial charge in [-0.15, -0.1) is 0 Å². The Hall–Kier alpha value is -1.65. The SMILES string of the molecule is CC=C1CC2CC(=O)OC(/C=C/C=C\C=C(/C)CC)CCCC(C)CC3CCCC(CC(C1)O2)O3. The van der Waals surface area contributed by atoms with E-state index in [1.165, 1.54) is 24.0 Å². The van der Waals surface area contributed by atoms with Crippen molar-refractivity contribution in [2.75, 3.05) is 0 Å². The summed E-state index contributed by atoms with van der Waals surface area (Å²) in [5.41, 5.74) is 2.73. The second-order valence-electron chi connectivity index (χ2n) is 10.9. The molecule has 0 amide bonds. The maximum atomic E-state index is 12.9. The highest BCUT2D eigenvalue weighted by molar-refractivity contribution is 5.70. The number of carbonyl (C=O) groups excluding carboxylic acids is 1. The van der Waals surface area contributed by atoms with Crippen LogP contribution in [-0.2, 0) is 19.0 Å². The van der Waals surface area contributed by atoms with Crippen LogP contribution in [0.2, 0.25) is 0 Å². The average Bonchev–Trinajstić information content (AvgIpc) is 2.82. The molecule has 196 valence electrons. The molecule has 0 saturated carbocycles. The average molecular weight is 485 g/mol. The molecule has 3 aliphatic rings. The summed E-state index contributed by atoms with van der Waals surface area (Å²) in [6.45, 7) is 8.73. The van der Waals surface area contributed by atoms with E-state index in [2.05, 4.69) is 45.9 Å². The molecule has 6 atom stereocenters. The van der Waals surface area contributed by atoms with E-state index in [0.29, 0.717) is 18.4 Å². The number of rotatable bonds is 4. The van der Waals surface area contributed by atoms with Crippen LogP contribution in [0.15, 0.2) is 47.6 Å². The van der Waals surface area contributed by atoms with Crippen LogP contribution in [0.1, 0.15) is 105 Å². The lowest BCUT2D eigenvalue weighted by Gasteiger charge is -2.37. The second-order valence-corrected chi connectivity index (χ2v) is 10.9. The van der Waals surface area contributed by atoms with Crippen molar-refractivity contribution in [2.24, 2.45) is 5.92 Å². The molecular formula is C31H48O4. The van der Waals surface area contributed by atoms with E-state index in [1.54, 1.807) is 0 Å². The molecule has 0 spiro atoms. The smallest absolute Gasteiger partial charge is 0.309 e. The zero-order valence-corrected chi connectivity index (χ0v) is 22.5. The fourth-order valence-electron chi connectivity index (χ4n) is 5.57. The minimum absolute atomic E-state index is 0.105. The van der Waals surface area contributed by atoms with Gasteiger partial charge in [0.15, 0.2) is 0 Å². The summed E-state index contributed by atoms with van der Waals surface area (Å²) in [7, 11) is 0. The van der Waals surface area contributed by atoms with Crippen LogP contribution in [-0.4, -0.2) is 36.5 Å². The largest absolute Gasteiger partial charge is 0.458 e. The molecule has 0 radical (unpaired) electrons. The normalized spacial score (nSPS) is 35.5. The van der Waals surface area contributed by atoms with Crippen molar-refractivity contribution in [3.05, 3.63) is 47.6 Å². The number of fused-ring (bicyclic) bond motifs is 4. The van der Waals surface area contributed by atoms with E-state index in [0.717, 1.165) is 57.8 Å². The number of hydrogen-bond donors (Lipinski definition) is 0. The maximum absolute atomic E-state index is 12.9. The van der Waals surface area contributed by atoms with Crippen LogP contribution in [0, 0.1) is 5.92 Å². The van der Waals surface area contributed by atoms with Gasteiger partial charge in [-0.3, -0.25) is 4.79 Å². The number of hydrogen-bond acceptors (Lipinski definition) is 4. The van der Waals surface area contributed by atoms with Crippen molar-refractivity contribution < 1.29 is 19.0 Å². The molecule has 6 unspecified atom stereocenters. The van der Waals surface area contributed by atoms with Crippen LogP contribution in [0.4, 0.5) is 0 Å². The standard InChI is InChI=1S/C31H48O4/c1-5-23(3)12-8-7-9-14-26-15-10-13-24(4)18-27-16-11-17-28(33-27)21-29-19-25(6-2)20-30(34-29)22-31(32)35-26/h6-9,12,14,24,26-30H,5,10-11,13,15-22H2,1-4H3/b8-7-,14-9+,23-12+,25-6?. The monoisotopic (exact) mass is 484 g/mol. The third-order valence-corrected chi connectivity index (χ3v) is 7.75. The van der Waals surface area contributed by atoms with Gasteiger partial charge in [-0.25, -0.2) is 0 Å². The summed E-state index contributed by atoms with van der Waals surface area (Å²) in [5, 5.41) is 0. The maximum Gasteiger partial charge on any atom is 0.309 e. The first-order valence-electron chi connectivity index (χ1n) is 14.1. The van der Waals surface area contributed by atoms with E-state index < -0.39 is 0 Å². The quantitative estimate of drug-likeness (QED) is 0.232. The molecule has 0 aliphatic carbocycles. The molecule has 4 heteroatoms. The fraction of sp³-hybridized carbons (Fsp3) is 0.710. The van der Waals surface area contributed by atoms with E-state index in [1.807, 2.05) is 18.2 Å². The molecule has 4 bridgehead atoms. The van der Waals surface area contributed by atoms with Crippen LogP contribution >= 0.6 is 0 Å². The predicted molar refractivity (Wildman–Crippen MR) is 143 cm³/mol. The van der Waals surface area contributed by atoms with E-state index in [4.69, 9.17) is 14.2 Å². The molecule has 4 nitrogen and oxygen atoms in total. The van der Waals surface area contributed by atoms with Gasteiger partial charge in [-0.1, -0.05) is 61.8 Å². The van der Waals surface area contributed by atoms with Crippen molar-refractivity contribution >= 4 is 5.97 Å². The van der Waals surface area contributed by atoms with Crippen molar-refractivity contribution in [1.29, 1.82) is 0 Å². The number of carbonyl (C=O) groups is 1. The number of cyclic esters (lactones) is 1. The third kappa shape index (κ3) is 10.1. The zero-order chi connectivity index (χ0) is 25.0. The lowest BCUT2D eigenvalue weighted by Crippen LogP contribution is -2.37. The van der Waals surface area contributed by atoms with Gasteiger partial charge >= 0.3 is 5.97 Å². The summed E-state index contributed by atoms with van der Waals surface area (Å²) < 4.78 is 18.9. The van der Waals surface area contributed by atoms with Gasteiger partial charge in [-0.2, -0.15) is 0 Å². The summed E-state index contributed by atoms with van der Waals surface area (Å²) in [6.07, 6.45) is 24.7. The van der Waals surface area contributed by atoms with Gasteiger partial charge in [0.1, 0.15) is 6.10 Å². The van der Waals surface area contributed by atoms with E-state index >= 15 is 0 Å². The molecule has 3 saturated heterocycles. The van der Waals surface area contributed by atoms with Crippen LogP contribution in [0.5, 0.6) is 0 Å². The summed E-state index contributed by atoms with van der Waals surface area (Å²) >= 11 is 0. The first kappa shape index (κ1) is 27.9. The number of ether oxygens (including phenoxy) is 3. The lowest BCUT2D eigenvalue weighted by molar-refractivity contribution is -0.154. The highest BCUT2D eigenvalue weighted by Gasteiger charge is 2.32. The molecule has 3 fully saturated rings. The molecule has 35 heavy (non-hydrogen) atoms. The molecular weight excluding hydrogens is 436 g/mol. The molecule has 0 aromatic heterocycles. The van der Waals surface area contributed by atoms with Crippen LogP contribution in [0.25, 0.3) is 0 Å². The molecule has 3 heterocycles. The Bertz CT molecular complexity index is 777. The number of esters is 1. The van der Waals surface area contributed by atoms with E-state index in [-0.39, 0.29) is 30.4 Å². The molecule has 0 aromatic rings. The lowest BCUT2D eigenvalue weighted by atomic mass is 9.89. The summed E-state index contributed by atoms with van der Waals surface area (Å²) in [5.74, 6) is 0.458. The molecule has 0 aromatic carbocycles. The Kier molecular flexibility index (Phi) is 11.8. The van der Waals surface area contributed by atoms with E-state index in [9.17, 15) is 4.79 Å².